The fourth-order valence-corrected chi connectivity index (χ4v) is 3.30. The Bertz CT molecular complexity index is 607. The van der Waals surface area contributed by atoms with E-state index < -0.39 is 5.82 Å². The molecule has 6 heteroatoms. The third-order valence-corrected chi connectivity index (χ3v) is 4.57. The molecule has 0 saturated carbocycles. The Balaban J connectivity index is 1.63. The van der Waals surface area contributed by atoms with Gasteiger partial charge in [0.1, 0.15) is 12.4 Å². The number of anilines is 1. The van der Waals surface area contributed by atoms with Crippen LogP contribution >= 0.6 is 0 Å². The van der Waals surface area contributed by atoms with Crippen LogP contribution in [0.4, 0.5) is 14.9 Å². The Kier molecular flexibility index (Phi) is 4.50. The van der Waals surface area contributed by atoms with Crippen LogP contribution in [-0.2, 0) is 4.79 Å². The lowest BCUT2D eigenvalue weighted by Crippen LogP contribution is -2.45. The molecule has 1 unspecified atom stereocenters. The summed E-state index contributed by atoms with van der Waals surface area (Å²) in [6.45, 7) is 4.60. The van der Waals surface area contributed by atoms with Crippen molar-refractivity contribution in [1.82, 2.24) is 9.80 Å². The molecular formula is C17H22FN3O2. The number of likely N-dealkylation sites (tertiary alicyclic amines) is 1. The maximum absolute atomic E-state index is 13.9. The lowest BCUT2D eigenvalue weighted by molar-refractivity contribution is -0.133. The third kappa shape index (κ3) is 3.30. The van der Waals surface area contributed by atoms with E-state index in [0.717, 1.165) is 25.9 Å². The van der Waals surface area contributed by atoms with Gasteiger partial charge in [-0.1, -0.05) is 19.1 Å². The van der Waals surface area contributed by atoms with Crippen molar-refractivity contribution in [1.29, 1.82) is 0 Å². The van der Waals surface area contributed by atoms with Crippen LogP contribution in [0.2, 0.25) is 0 Å². The number of benzene rings is 1. The molecule has 0 radical (unpaired) electrons. The molecule has 0 aliphatic carbocycles. The number of hydrogen-bond donors (Lipinski definition) is 0. The minimum atomic E-state index is -0.418. The summed E-state index contributed by atoms with van der Waals surface area (Å²) < 4.78 is 13.9. The maximum atomic E-state index is 13.9. The van der Waals surface area contributed by atoms with Gasteiger partial charge < -0.3 is 9.80 Å². The van der Waals surface area contributed by atoms with Gasteiger partial charge in [-0.3, -0.25) is 9.69 Å². The Labute approximate surface area is 135 Å². The zero-order valence-electron chi connectivity index (χ0n) is 13.4. The van der Waals surface area contributed by atoms with Crippen LogP contribution < -0.4 is 4.90 Å². The largest absolute Gasteiger partial charge is 0.341 e. The molecular weight excluding hydrogens is 297 g/mol. The minimum absolute atomic E-state index is 0.0136. The predicted molar refractivity (Wildman–Crippen MR) is 85.7 cm³/mol. The van der Waals surface area contributed by atoms with E-state index in [0.29, 0.717) is 19.0 Å². The van der Waals surface area contributed by atoms with Crippen molar-refractivity contribution in [2.45, 2.75) is 19.8 Å². The summed E-state index contributed by atoms with van der Waals surface area (Å²) in [5.41, 5.74) is 0.277. The van der Waals surface area contributed by atoms with Crippen molar-refractivity contribution in [2.75, 3.05) is 37.6 Å². The number of hydrogen-bond acceptors (Lipinski definition) is 2. The van der Waals surface area contributed by atoms with Crippen molar-refractivity contribution < 1.29 is 14.0 Å². The number of rotatable bonds is 3. The molecule has 2 saturated heterocycles. The van der Waals surface area contributed by atoms with E-state index in [1.54, 1.807) is 18.2 Å². The van der Waals surface area contributed by atoms with Gasteiger partial charge in [0.2, 0.25) is 5.91 Å². The molecule has 1 aromatic carbocycles. The smallest absolute Gasteiger partial charge is 0.325 e. The van der Waals surface area contributed by atoms with Crippen molar-refractivity contribution in [3.05, 3.63) is 30.1 Å². The first-order chi connectivity index (χ1) is 11.1. The summed E-state index contributed by atoms with van der Waals surface area (Å²) in [5, 5.41) is 0. The summed E-state index contributed by atoms with van der Waals surface area (Å²) in [7, 11) is 0. The van der Waals surface area contributed by atoms with Crippen molar-refractivity contribution in [3.63, 3.8) is 0 Å². The molecule has 2 heterocycles. The lowest BCUT2D eigenvalue weighted by Gasteiger charge is -2.32. The summed E-state index contributed by atoms with van der Waals surface area (Å²) in [6.07, 6.45) is 2.16. The number of amides is 3. The zero-order valence-corrected chi connectivity index (χ0v) is 13.4. The van der Waals surface area contributed by atoms with Crippen LogP contribution in [0.1, 0.15) is 19.8 Å². The van der Waals surface area contributed by atoms with Crippen LogP contribution in [0.5, 0.6) is 0 Å². The van der Waals surface area contributed by atoms with Gasteiger partial charge in [0.05, 0.1) is 5.69 Å². The average Bonchev–Trinajstić information content (AvgIpc) is 2.89. The first-order valence-corrected chi connectivity index (χ1v) is 8.15. The van der Waals surface area contributed by atoms with Crippen LogP contribution in [-0.4, -0.2) is 54.5 Å². The molecule has 3 rings (SSSR count). The Hall–Kier alpha value is -2.11. The first-order valence-electron chi connectivity index (χ1n) is 8.15. The highest BCUT2D eigenvalue weighted by Crippen LogP contribution is 2.23. The van der Waals surface area contributed by atoms with Gasteiger partial charge in [0.15, 0.2) is 0 Å². The minimum Gasteiger partial charge on any atom is -0.341 e. The average molecular weight is 319 g/mol. The maximum Gasteiger partial charge on any atom is 0.325 e. The van der Waals surface area contributed by atoms with Gasteiger partial charge in [-0.15, -0.1) is 0 Å². The van der Waals surface area contributed by atoms with Gasteiger partial charge in [-0.05, 0) is 30.9 Å². The van der Waals surface area contributed by atoms with Gasteiger partial charge in [-0.2, -0.15) is 0 Å². The number of carbonyl (C=O) groups is 2. The first kappa shape index (κ1) is 15.8. The SMILES string of the molecule is CC1CCCN(C(=O)CN2CCN(c3ccccc3F)C2=O)C1. The summed E-state index contributed by atoms with van der Waals surface area (Å²) in [6, 6.07) is 5.93. The quantitative estimate of drug-likeness (QED) is 0.858. The zero-order chi connectivity index (χ0) is 16.4. The van der Waals surface area contributed by atoms with Gasteiger partial charge >= 0.3 is 6.03 Å². The second-order valence-electron chi connectivity index (χ2n) is 6.39. The number of urea groups is 1. The highest BCUT2D eigenvalue weighted by atomic mass is 19.1. The molecule has 2 fully saturated rings. The molecule has 1 atom stereocenters. The molecule has 0 bridgehead atoms. The highest BCUT2D eigenvalue weighted by Gasteiger charge is 2.33. The number of halogens is 1. The van der Waals surface area contributed by atoms with Crippen LogP contribution in [0.3, 0.4) is 0 Å². The molecule has 0 N–H and O–H groups in total. The molecule has 0 spiro atoms. The van der Waals surface area contributed by atoms with E-state index in [-0.39, 0.29) is 24.2 Å². The molecule has 2 aliphatic rings. The predicted octanol–water partition coefficient (Wildman–Crippen LogP) is 2.33. The molecule has 23 heavy (non-hydrogen) atoms. The van der Waals surface area contributed by atoms with Crippen LogP contribution in [0.25, 0.3) is 0 Å². The molecule has 5 nitrogen and oxygen atoms in total. The van der Waals surface area contributed by atoms with Crippen molar-refractivity contribution >= 4 is 17.6 Å². The standard InChI is InChI=1S/C17H22FN3O2/c1-13-5-4-8-19(11-13)16(22)12-20-9-10-21(17(20)23)15-7-3-2-6-14(15)18/h2-3,6-7,13H,4-5,8-12H2,1H3. The molecule has 1 aromatic rings. The Morgan fingerprint density at radius 1 is 1.26 bits per heavy atom. The normalized spacial score (nSPS) is 21.9. The Morgan fingerprint density at radius 3 is 2.78 bits per heavy atom. The number of piperidine rings is 1. The number of para-hydroxylation sites is 1. The van der Waals surface area contributed by atoms with Crippen molar-refractivity contribution in [3.8, 4) is 0 Å². The summed E-state index contributed by atoms with van der Waals surface area (Å²) in [4.78, 5) is 29.6. The van der Waals surface area contributed by atoms with Crippen molar-refractivity contribution in [2.24, 2.45) is 5.92 Å². The third-order valence-electron chi connectivity index (χ3n) is 4.57. The lowest BCUT2D eigenvalue weighted by atomic mass is 10.0. The second-order valence-corrected chi connectivity index (χ2v) is 6.39. The fourth-order valence-electron chi connectivity index (χ4n) is 3.30. The van der Waals surface area contributed by atoms with E-state index in [1.807, 2.05) is 4.90 Å². The molecule has 0 aromatic heterocycles. The van der Waals surface area contributed by atoms with E-state index in [2.05, 4.69) is 6.92 Å². The topological polar surface area (TPSA) is 43.9 Å². The van der Waals surface area contributed by atoms with Gasteiger partial charge in [0.25, 0.3) is 0 Å². The monoisotopic (exact) mass is 319 g/mol. The summed E-state index contributed by atoms with van der Waals surface area (Å²) in [5.74, 6) is 0.0797. The fraction of sp³-hybridized carbons (Fsp3) is 0.529. The highest BCUT2D eigenvalue weighted by molar-refractivity contribution is 5.96. The second kappa shape index (κ2) is 6.56. The molecule has 3 amide bonds. The Morgan fingerprint density at radius 2 is 2.04 bits per heavy atom. The van der Waals surface area contributed by atoms with Gasteiger partial charge in [0, 0.05) is 26.2 Å². The van der Waals surface area contributed by atoms with E-state index in [9.17, 15) is 14.0 Å². The molecule has 124 valence electrons. The van der Waals surface area contributed by atoms with Crippen LogP contribution in [0.15, 0.2) is 24.3 Å². The molecule has 2 aliphatic heterocycles. The number of nitrogens with zero attached hydrogens (tertiary/aromatic N) is 3. The number of carbonyl (C=O) groups excluding carboxylic acids is 2. The van der Waals surface area contributed by atoms with E-state index in [1.165, 1.54) is 15.9 Å². The van der Waals surface area contributed by atoms with E-state index >= 15 is 0 Å². The van der Waals surface area contributed by atoms with E-state index in [4.69, 9.17) is 0 Å². The van der Waals surface area contributed by atoms with Gasteiger partial charge in [-0.25, -0.2) is 9.18 Å². The van der Waals surface area contributed by atoms with Crippen LogP contribution in [0, 0.1) is 11.7 Å². The summed E-state index contributed by atoms with van der Waals surface area (Å²) >= 11 is 0.